The lowest BCUT2D eigenvalue weighted by atomic mass is 9.98. The molecule has 0 amide bonds. The summed E-state index contributed by atoms with van der Waals surface area (Å²) in [6, 6.07) is 8.53. The second kappa shape index (κ2) is 3.71. The molecule has 0 saturated heterocycles. The van der Waals surface area contributed by atoms with Gasteiger partial charge in [-0.2, -0.15) is 0 Å². The third-order valence-electron chi connectivity index (χ3n) is 2.36. The Morgan fingerprint density at radius 1 is 1.38 bits per heavy atom. The number of aliphatic imine (C=N–C) groups is 1. The smallest absolute Gasteiger partial charge is 0.0561 e. The molecular weight excluding hydrogens is 160 g/mol. The first-order valence-corrected chi connectivity index (χ1v) is 4.68. The number of nitrogens with zero attached hydrogens (tertiary/aromatic N) is 1. The molecule has 0 aromatic heterocycles. The lowest BCUT2D eigenvalue weighted by molar-refractivity contribution is 0.894. The van der Waals surface area contributed by atoms with E-state index < -0.39 is 0 Å². The maximum absolute atomic E-state index is 4.51. The molecule has 13 heavy (non-hydrogen) atoms. The predicted molar refractivity (Wildman–Crippen MR) is 55.5 cm³/mol. The van der Waals surface area contributed by atoms with Crippen LogP contribution in [0.5, 0.6) is 0 Å². The normalized spacial score (nSPS) is 15.0. The zero-order valence-corrected chi connectivity index (χ0v) is 7.88. The fourth-order valence-corrected chi connectivity index (χ4v) is 1.73. The highest BCUT2D eigenvalue weighted by Crippen LogP contribution is 2.14. The summed E-state index contributed by atoms with van der Waals surface area (Å²) in [5, 5.41) is 3.15. The summed E-state index contributed by atoms with van der Waals surface area (Å²) in [4.78, 5) is 4.51. The molecule has 1 aromatic carbocycles. The molecule has 0 saturated carbocycles. The van der Waals surface area contributed by atoms with Crippen LogP contribution in [0.25, 0.3) is 0 Å². The van der Waals surface area contributed by atoms with Crippen molar-refractivity contribution in [2.45, 2.75) is 6.42 Å². The number of hydrogen-bond acceptors (Lipinski definition) is 2. The van der Waals surface area contributed by atoms with Crippen LogP contribution in [0.4, 0.5) is 0 Å². The van der Waals surface area contributed by atoms with Crippen molar-refractivity contribution in [1.82, 2.24) is 5.32 Å². The lowest BCUT2D eigenvalue weighted by Crippen LogP contribution is -2.24. The third-order valence-corrected chi connectivity index (χ3v) is 2.36. The Labute approximate surface area is 78.7 Å². The number of rotatable bonds is 2. The molecule has 0 unspecified atom stereocenters. The van der Waals surface area contributed by atoms with Gasteiger partial charge in [0.2, 0.25) is 0 Å². The van der Waals surface area contributed by atoms with Gasteiger partial charge in [0.1, 0.15) is 0 Å². The Bertz CT molecular complexity index is 329. The van der Waals surface area contributed by atoms with Gasteiger partial charge in [-0.25, -0.2) is 0 Å². The first-order valence-electron chi connectivity index (χ1n) is 4.68. The number of likely N-dealkylation sites (N-methyl/N-ethyl adjacent to an activating group) is 1. The first kappa shape index (κ1) is 8.45. The largest absolute Gasteiger partial charge is 0.314 e. The fourth-order valence-electron chi connectivity index (χ4n) is 1.73. The molecule has 2 nitrogen and oxygen atoms in total. The maximum atomic E-state index is 4.51. The van der Waals surface area contributed by atoms with Gasteiger partial charge in [0.05, 0.1) is 5.71 Å². The average Bonchev–Trinajstić information content (AvgIpc) is 2.19. The molecule has 0 aliphatic carbocycles. The van der Waals surface area contributed by atoms with Crippen molar-refractivity contribution in [2.24, 2.45) is 4.99 Å². The monoisotopic (exact) mass is 174 g/mol. The molecule has 2 rings (SSSR count). The fraction of sp³-hybridized carbons (Fsp3) is 0.364. The van der Waals surface area contributed by atoms with Crippen LogP contribution in [0.2, 0.25) is 0 Å². The first-order chi connectivity index (χ1) is 6.42. The summed E-state index contributed by atoms with van der Waals surface area (Å²) in [7, 11) is 1.96. The Kier molecular flexibility index (Phi) is 2.41. The van der Waals surface area contributed by atoms with Crippen molar-refractivity contribution in [3.8, 4) is 0 Å². The van der Waals surface area contributed by atoms with Crippen LogP contribution < -0.4 is 5.32 Å². The van der Waals surface area contributed by atoms with E-state index in [0.717, 1.165) is 19.5 Å². The van der Waals surface area contributed by atoms with Crippen LogP contribution in [0.1, 0.15) is 11.1 Å². The zero-order chi connectivity index (χ0) is 9.10. The van der Waals surface area contributed by atoms with Gasteiger partial charge in [0.25, 0.3) is 0 Å². The van der Waals surface area contributed by atoms with Crippen molar-refractivity contribution < 1.29 is 0 Å². The van der Waals surface area contributed by atoms with E-state index in [1.807, 2.05) is 7.05 Å². The van der Waals surface area contributed by atoms with Crippen LogP contribution in [-0.4, -0.2) is 25.8 Å². The van der Waals surface area contributed by atoms with Crippen molar-refractivity contribution in [3.63, 3.8) is 0 Å². The van der Waals surface area contributed by atoms with E-state index in [2.05, 4.69) is 34.6 Å². The van der Waals surface area contributed by atoms with Crippen molar-refractivity contribution in [2.75, 3.05) is 20.1 Å². The molecule has 0 radical (unpaired) electrons. The molecule has 1 aliphatic rings. The highest BCUT2D eigenvalue weighted by Gasteiger charge is 2.11. The van der Waals surface area contributed by atoms with Gasteiger partial charge in [-0.15, -0.1) is 0 Å². The molecule has 1 heterocycles. The van der Waals surface area contributed by atoms with Gasteiger partial charge >= 0.3 is 0 Å². The van der Waals surface area contributed by atoms with Crippen molar-refractivity contribution in [1.29, 1.82) is 0 Å². The molecule has 1 N–H and O–H groups in total. The Morgan fingerprint density at radius 3 is 3.08 bits per heavy atom. The molecule has 1 aliphatic heterocycles. The van der Waals surface area contributed by atoms with E-state index in [-0.39, 0.29) is 0 Å². The summed E-state index contributed by atoms with van der Waals surface area (Å²) < 4.78 is 0. The summed E-state index contributed by atoms with van der Waals surface area (Å²) in [5.74, 6) is 0. The maximum Gasteiger partial charge on any atom is 0.0561 e. The highest BCUT2D eigenvalue weighted by atomic mass is 14.9. The van der Waals surface area contributed by atoms with Crippen LogP contribution in [-0.2, 0) is 6.42 Å². The Balaban J connectivity index is 2.36. The summed E-state index contributed by atoms with van der Waals surface area (Å²) >= 11 is 0. The second-order valence-corrected chi connectivity index (χ2v) is 3.27. The van der Waals surface area contributed by atoms with Gasteiger partial charge in [-0.05, 0) is 19.0 Å². The molecule has 0 fully saturated rings. The number of benzene rings is 1. The van der Waals surface area contributed by atoms with Crippen molar-refractivity contribution in [3.05, 3.63) is 35.4 Å². The van der Waals surface area contributed by atoms with Gasteiger partial charge < -0.3 is 5.32 Å². The molecule has 0 bridgehead atoms. The Hall–Kier alpha value is -1.15. The summed E-state index contributed by atoms with van der Waals surface area (Å²) in [6.07, 6.45) is 1.09. The number of hydrogen-bond donors (Lipinski definition) is 1. The molecule has 68 valence electrons. The van der Waals surface area contributed by atoms with E-state index >= 15 is 0 Å². The molecular formula is C11H14N2. The van der Waals surface area contributed by atoms with E-state index in [0.29, 0.717) is 0 Å². The molecule has 0 atom stereocenters. The number of nitrogens with one attached hydrogen (secondary N) is 1. The van der Waals surface area contributed by atoms with Crippen LogP contribution in [0, 0.1) is 0 Å². The van der Waals surface area contributed by atoms with E-state index in [1.54, 1.807) is 0 Å². The minimum Gasteiger partial charge on any atom is -0.314 e. The zero-order valence-electron chi connectivity index (χ0n) is 7.88. The van der Waals surface area contributed by atoms with Gasteiger partial charge in [-0.3, -0.25) is 4.99 Å². The van der Waals surface area contributed by atoms with E-state index in [9.17, 15) is 0 Å². The minimum atomic E-state index is 0.872. The predicted octanol–water partition coefficient (Wildman–Crippen LogP) is 1.25. The molecule has 2 heteroatoms. The molecule has 0 spiro atoms. The van der Waals surface area contributed by atoms with Gasteiger partial charge in [0, 0.05) is 18.7 Å². The van der Waals surface area contributed by atoms with Crippen molar-refractivity contribution >= 4 is 5.71 Å². The minimum absolute atomic E-state index is 0.872. The quantitative estimate of drug-likeness (QED) is 0.717. The standard InChI is InChI=1S/C11H14N2/c1-12-8-11-10-5-3-2-4-9(10)6-7-13-11/h2-5,12H,6-8H2,1H3. The topological polar surface area (TPSA) is 24.4 Å². The van der Waals surface area contributed by atoms with E-state index in [1.165, 1.54) is 16.8 Å². The summed E-state index contributed by atoms with van der Waals surface area (Å²) in [6.45, 7) is 1.81. The second-order valence-electron chi connectivity index (χ2n) is 3.27. The van der Waals surface area contributed by atoms with Crippen LogP contribution in [0.15, 0.2) is 29.3 Å². The van der Waals surface area contributed by atoms with E-state index in [4.69, 9.17) is 0 Å². The third kappa shape index (κ3) is 1.63. The summed E-state index contributed by atoms with van der Waals surface area (Å²) in [5.41, 5.74) is 3.95. The van der Waals surface area contributed by atoms with Crippen LogP contribution in [0.3, 0.4) is 0 Å². The number of fused-ring (bicyclic) bond motifs is 1. The molecule has 1 aromatic rings. The van der Waals surface area contributed by atoms with Gasteiger partial charge in [0.15, 0.2) is 0 Å². The lowest BCUT2D eigenvalue weighted by Gasteiger charge is -2.16. The van der Waals surface area contributed by atoms with Gasteiger partial charge in [-0.1, -0.05) is 24.3 Å². The Morgan fingerprint density at radius 2 is 2.23 bits per heavy atom. The van der Waals surface area contributed by atoms with Crippen LogP contribution >= 0.6 is 0 Å². The SMILES string of the molecule is CNCC1=NCCc2ccccc21. The average molecular weight is 174 g/mol. The highest BCUT2D eigenvalue weighted by molar-refractivity contribution is 6.03.